The van der Waals surface area contributed by atoms with Crippen LogP contribution in [0.4, 0.5) is 0 Å². The van der Waals surface area contributed by atoms with Crippen LogP contribution in [-0.4, -0.2) is 43.1 Å². The fourth-order valence-electron chi connectivity index (χ4n) is 3.55. The first-order valence-corrected chi connectivity index (χ1v) is 11.5. The molecule has 35 heavy (non-hydrogen) atoms. The van der Waals surface area contributed by atoms with E-state index in [1.165, 1.54) is 0 Å². The Bertz CT molecular complexity index is 1130. The molecule has 0 spiro atoms. The predicted molar refractivity (Wildman–Crippen MR) is 135 cm³/mol. The molecule has 0 aromatic heterocycles. The van der Waals surface area contributed by atoms with Crippen molar-refractivity contribution in [2.45, 2.75) is 25.3 Å². The quantitative estimate of drug-likeness (QED) is 0.279. The largest absolute Gasteiger partial charge is 0.353 e. The van der Waals surface area contributed by atoms with Crippen LogP contribution in [0, 0.1) is 0 Å². The minimum absolute atomic E-state index is 0.123. The number of hydrogen-bond acceptors (Lipinski definition) is 4. The molecule has 0 aliphatic carbocycles. The molecule has 0 saturated heterocycles. The second-order valence-corrected chi connectivity index (χ2v) is 8.00. The molecule has 7 heteroatoms. The molecule has 3 N–H and O–H groups in total. The monoisotopic (exact) mass is 471 g/mol. The summed E-state index contributed by atoms with van der Waals surface area (Å²) in [6, 6.07) is 25.7. The lowest BCUT2D eigenvalue weighted by Crippen LogP contribution is -2.48. The van der Waals surface area contributed by atoms with Crippen LogP contribution in [0.5, 0.6) is 0 Å². The van der Waals surface area contributed by atoms with Crippen LogP contribution in [0.15, 0.2) is 84.9 Å². The zero-order valence-corrected chi connectivity index (χ0v) is 19.4. The van der Waals surface area contributed by atoms with Crippen molar-refractivity contribution in [1.82, 2.24) is 16.0 Å². The van der Waals surface area contributed by atoms with Gasteiger partial charge in [0.15, 0.2) is 0 Å². The van der Waals surface area contributed by atoms with Crippen molar-refractivity contribution in [2.75, 3.05) is 13.1 Å². The number of hydrogen-bond donors (Lipinski definition) is 3. The van der Waals surface area contributed by atoms with Crippen molar-refractivity contribution in [3.8, 4) is 11.1 Å². The van der Waals surface area contributed by atoms with Gasteiger partial charge in [-0.15, -0.1) is 0 Å². The third-order valence-corrected chi connectivity index (χ3v) is 5.41. The third-order valence-electron chi connectivity index (χ3n) is 5.41. The van der Waals surface area contributed by atoms with E-state index in [2.05, 4.69) is 16.0 Å². The minimum atomic E-state index is -0.950. The summed E-state index contributed by atoms with van der Waals surface area (Å²) in [5.74, 6) is -1.02. The van der Waals surface area contributed by atoms with Crippen LogP contribution in [-0.2, 0) is 20.8 Å². The van der Waals surface area contributed by atoms with E-state index in [4.69, 9.17) is 0 Å². The predicted octanol–water partition coefficient (Wildman–Crippen LogP) is 2.91. The summed E-state index contributed by atoms with van der Waals surface area (Å²) in [5, 5.41) is 8.05. The third kappa shape index (κ3) is 8.23. The van der Waals surface area contributed by atoms with E-state index in [1.807, 2.05) is 78.9 Å². The molecule has 3 amide bonds. The Morgan fingerprint density at radius 1 is 0.771 bits per heavy atom. The molecule has 3 aromatic carbocycles. The molecule has 1 unspecified atom stereocenters. The molecule has 3 rings (SSSR count). The lowest BCUT2D eigenvalue weighted by Gasteiger charge is -2.16. The Kier molecular flexibility index (Phi) is 9.75. The number of carbonyl (C=O) groups excluding carboxylic acids is 4. The van der Waals surface area contributed by atoms with Gasteiger partial charge in [-0.25, -0.2) is 0 Å². The van der Waals surface area contributed by atoms with Crippen LogP contribution in [0.1, 0.15) is 28.8 Å². The molecule has 3 aromatic rings. The highest BCUT2D eigenvalue weighted by Crippen LogP contribution is 2.19. The topological polar surface area (TPSA) is 104 Å². The summed E-state index contributed by atoms with van der Waals surface area (Å²) in [7, 11) is 0. The van der Waals surface area contributed by atoms with Crippen LogP contribution in [0.25, 0.3) is 11.1 Å². The van der Waals surface area contributed by atoms with E-state index in [9.17, 15) is 19.2 Å². The SMILES string of the molecule is O=CCC(NC(=O)CCc1ccccc1)C(=O)NCCNC(=O)c1cccc(-c2ccccc2)c1. The van der Waals surface area contributed by atoms with Gasteiger partial charge in [0.25, 0.3) is 5.91 Å². The molecular weight excluding hydrogens is 442 g/mol. The number of amides is 3. The highest BCUT2D eigenvalue weighted by Gasteiger charge is 2.20. The van der Waals surface area contributed by atoms with Crippen molar-refractivity contribution >= 4 is 24.0 Å². The molecule has 0 aliphatic rings. The van der Waals surface area contributed by atoms with Crippen molar-refractivity contribution in [3.05, 3.63) is 96.1 Å². The first kappa shape index (κ1) is 25.4. The molecule has 0 bridgehead atoms. The molecule has 0 radical (unpaired) electrons. The minimum Gasteiger partial charge on any atom is -0.353 e. The van der Waals surface area contributed by atoms with E-state index < -0.39 is 11.9 Å². The highest BCUT2D eigenvalue weighted by atomic mass is 16.2. The molecule has 0 saturated carbocycles. The summed E-state index contributed by atoms with van der Waals surface area (Å²) in [6.45, 7) is 0.369. The van der Waals surface area contributed by atoms with E-state index >= 15 is 0 Å². The van der Waals surface area contributed by atoms with Crippen molar-refractivity contribution in [2.24, 2.45) is 0 Å². The number of aldehydes is 1. The zero-order valence-electron chi connectivity index (χ0n) is 19.4. The Hall–Kier alpha value is -4.26. The standard InChI is InChI=1S/C28H29N3O4/c32-19-16-25(31-26(33)15-14-21-8-3-1-4-9-21)28(35)30-18-17-29-27(34)24-13-7-12-23(20-24)22-10-5-2-6-11-22/h1-13,19-20,25H,14-18H2,(H,29,34)(H,30,35)(H,31,33). The van der Waals surface area contributed by atoms with Gasteiger partial charge in [-0.05, 0) is 35.2 Å². The number of benzene rings is 3. The van der Waals surface area contributed by atoms with Gasteiger partial charge in [0.2, 0.25) is 11.8 Å². The normalized spacial score (nSPS) is 11.2. The van der Waals surface area contributed by atoms with Crippen molar-refractivity contribution < 1.29 is 19.2 Å². The second-order valence-electron chi connectivity index (χ2n) is 8.00. The van der Waals surface area contributed by atoms with Gasteiger partial charge in [-0.3, -0.25) is 14.4 Å². The summed E-state index contributed by atoms with van der Waals surface area (Å²) in [4.78, 5) is 48.2. The maximum Gasteiger partial charge on any atom is 0.251 e. The maximum absolute atomic E-state index is 12.5. The molecule has 0 fully saturated rings. The van der Waals surface area contributed by atoms with Gasteiger partial charge in [0.05, 0.1) is 0 Å². The first-order chi connectivity index (χ1) is 17.1. The summed E-state index contributed by atoms with van der Waals surface area (Å²) in [5.41, 5.74) is 3.49. The number of nitrogens with one attached hydrogen (secondary N) is 3. The van der Waals surface area contributed by atoms with Gasteiger partial charge in [0.1, 0.15) is 12.3 Å². The molecule has 1 atom stereocenters. The zero-order chi connectivity index (χ0) is 24.9. The molecule has 180 valence electrons. The number of carbonyl (C=O) groups is 4. The van der Waals surface area contributed by atoms with E-state index in [-0.39, 0.29) is 37.7 Å². The molecule has 0 heterocycles. The number of aryl methyl sites for hydroxylation is 1. The fourth-order valence-corrected chi connectivity index (χ4v) is 3.55. The number of rotatable bonds is 12. The maximum atomic E-state index is 12.5. The summed E-state index contributed by atoms with van der Waals surface area (Å²) < 4.78 is 0. The van der Waals surface area contributed by atoms with Gasteiger partial charge in [-0.2, -0.15) is 0 Å². The lowest BCUT2D eigenvalue weighted by atomic mass is 10.0. The Balaban J connectivity index is 1.43. The van der Waals surface area contributed by atoms with E-state index in [0.717, 1.165) is 16.7 Å². The fraction of sp³-hybridized carbons (Fsp3) is 0.214. The Labute approximate surface area is 204 Å². The van der Waals surface area contributed by atoms with Crippen LogP contribution in [0.3, 0.4) is 0 Å². The van der Waals surface area contributed by atoms with Crippen molar-refractivity contribution in [1.29, 1.82) is 0 Å². The molecule has 0 aliphatic heterocycles. The summed E-state index contributed by atoms with van der Waals surface area (Å²) >= 11 is 0. The van der Waals surface area contributed by atoms with E-state index in [0.29, 0.717) is 18.3 Å². The first-order valence-electron chi connectivity index (χ1n) is 11.5. The smallest absolute Gasteiger partial charge is 0.251 e. The summed E-state index contributed by atoms with van der Waals surface area (Å²) in [6.07, 6.45) is 1.23. The lowest BCUT2D eigenvalue weighted by molar-refractivity contribution is -0.129. The van der Waals surface area contributed by atoms with Gasteiger partial charge < -0.3 is 20.7 Å². The van der Waals surface area contributed by atoms with Gasteiger partial charge in [0, 0.05) is 31.5 Å². The van der Waals surface area contributed by atoms with Crippen LogP contribution < -0.4 is 16.0 Å². The van der Waals surface area contributed by atoms with E-state index in [1.54, 1.807) is 6.07 Å². The Morgan fingerprint density at radius 3 is 2.14 bits per heavy atom. The second kappa shape index (κ2) is 13.4. The van der Waals surface area contributed by atoms with Crippen molar-refractivity contribution in [3.63, 3.8) is 0 Å². The average molecular weight is 472 g/mol. The molecule has 7 nitrogen and oxygen atoms in total. The molecular formula is C28H29N3O4. The van der Waals surface area contributed by atoms with Gasteiger partial charge >= 0.3 is 0 Å². The average Bonchev–Trinajstić information content (AvgIpc) is 2.90. The Morgan fingerprint density at radius 2 is 1.43 bits per heavy atom. The van der Waals surface area contributed by atoms with Gasteiger partial charge in [-0.1, -0.05) is 72.8 Å². The van der Waals surface area contributed by atoms with Crippen LogP contribution in [0.2, 0.25) is 0 Å². The highest BCUT2D eigenvalue weighted by molar-refractivity contribution is 5.95. The van der Waals surface area contributed by atoms with Crippen LogP contribution >= 0.6 is 0 Å².